The number of carbonyl (C=O) groups is 1. The van der Waals surface area contributed by atoms with Crippen LogP contribution in [0.3, 0.4) is 0 Å². The Labute approximate surface area is 187 Å². The van der Waals surface area contributed by atoms with Crippen molar-refractivity contribution < 1.29 is 24.0 Å². The number of benzene rings is 1. The van der Waals surface area contributed by atoms with E-state index in [0.29, 0.717) is 56.5 Å². The van der Waals surface area contributed by atoms with Gasteiger partial charge in [0, 0.05) is 19.6 Å². The first-order valence-corrected chi connectivity index (χ1v) is 10.2. The molecule has 14 nitrogen and oxygen atoms in total. The lowest BCUT2D eigenvalue weighted by molar-refractivity contribution is 0.0332. The summed E-state index contributed by atoms with van der Waals surface area (Å²) in [5.41, 5.74) is 9.38. The Morgan fingerprint density at radius 2 is 2.18 bits per heavy atom. The maximum Gasteiger partial charge on any atom is 0.293 e. The number of rotatable bonds is 8. The molecule has 1 saturated heterocycles. The summed E-state index contributed by atoms with van der Waals surface area (Å²) in [6, 6.07) is 4.72. The summed E-state index contributed by atoms with van der Waals surface area (Å²) in [4.78, 5) is 14.9. The maximum absolute atomic E-state index is 12.8. The SMILES string of the molecule is CCOc1cc(/C=N/NC(=O)c2nnn(-c3nonc3N)c2CN2CCOCC2)ccc1O. The third kappa shape index (κ3) is 5.07. The Morgan fingerprint density at radius 1 is 1.36 bits per heavy atom. The quantitative estimate of drug-likeness (QED) is 0.304. The molecule has 0 atom stereocenters. The number of aromatic hydroxyl groups is 1. The molecule has 1 amide bonds. The zero-order valence-corrected chi connectivity index (χ0v) is 17.8. The minimum atomic E-state index is -0.570. The van der Waals surface area contributed by atoms with Crippen LogP contribution in [0.1, 0.15) is 28.7 Å². The second-order valence-corrected chi connectivity index (χ2v) is 7.02. The van der Waals surface area contributed by atoms with Crippen molar-refractivity contribution in [1.82, 2.24) is 35.6 Å². The van der Waals surface area contributed by atoms with E-state index in [-0.39, 0.29) is 23.1 Å². The van der Waals surface area contributed by atoms with Crippen molar-refractivity contribution in [3.8, 4) is 17.3 Å². The van der Waals surface area contributed by atoms with Crippen LogP contribution >= 0.6 is 0 Å². The largest absolute Gasteiger partial charge is 0.504 e. The highest BCUT2D eigenvalue weighted by Crippen LogP contribution is 2.26. The number of anilines is 1. The number of ether oxygens (including phenoxy) is 2. The number of hydrazone groups is 1. The summed E-state index contributed by atoms with van der Waals surface area (Å²) < 4.78 is 16.7. The second-order valence-electron chi connectivity index (χ2n) is 7.02. The van der Waals surface area contributed by atoms with Crippen LogP contribution < -0.4 is 15.9 Å². The lowest BCUT2D eigenvalue weighted by Crippen LogP contribution is -2.37. The Hall–Kier alpha value is -4.04. The summed E-state index contributed by atoms with van der Waals surface area (Å²) in [6.45, 7) is 5.09. The van der Waals surface area contributed by atoms with Gasteiger partial charge in [0.05, 0.1) is 31.7 Å². The zero-order chi connectivity index (χ0) is 23.2. The van der Waals surface area contributed by atoms with Crippen LogP contribution in [0.5, 0.6) is 11.5 Å². The highest BCUT2D eigenvalue weighted by molar-refractivity contribution is 5.94. The number of amides is 1. The van der Waals surface area contributed by atoms with Crippen LogP contribution in [-0.2, 0) is 11.3 Å². The van der Waals surface area contributed by atoms with E-state index < -0.39 is 5.91 Å². The fraction of sp³-hybridized carbons (Fsp3) is 0.368. The van der Waals surface area contributed by atoms with E-state index in [2.05, 4.69) is 40.7 Å². The molecule has 0 aliphatic carbocycles. The summed E-state index contributed by atoms with van der Waals surface area (Å²) in [5, 5.41) is 29.1. The molecule has 1 aromatic carbocycles. The van der Waals surface area contributed by atoms with Gasteiger partial charge in [0.2, 0.25) is 11.6 Å². The molecule has 1 aliphatic rings. The van der Waals surface area contributed by atoms with E-state index in [4.69, 9.17) is 15.2 Å². The fourth-order valence-electron chi connectivity index (χ4n) is 3.20. The highest BCUT2D eigenvalue weighted by atomic mass is 16.6. The maximum atomic E-state index is 12.8. The van der Waals surface area contributed by atoms with Gasteiger partial charge in [-0.15, -0.1) is 5.10 Å². The molecular formula is C19H23N9O5. The molecule has 33 heavy (non-hydrogen) atoms. The Bertz CT molecular complexity index is 1140. The monoisotopic (exact) mass is 457 g/mol. The number of nitrogens with two attached hydrogens (primary N) is 1. The van der Waals surface area contributed by atoms with Gasteiger partial charge in [0.25, 0.3) is 5.91 Å². The lowest BCUT2D eigenvalue weighted by Gasteiger charge is -2.26. The number of aromatic nitrogens is 5. The Kier molecular flexibility index (Phi) is 6.75. The van der Waals surface area contributed by atoms with Gasteiger partial charge in [0.1, 0.15) is 0 Å². The number of nitrogens with one attached hydrogen (secondary N) is 1. The van der Waals surface area contributed by atoms with E-state index >= 15 is 0 Å². The van der Waals surface area contributed by atoms with Gasteiger partial charge in [-0.1, -0.05) is 5.21 Å². The molecule has 0 radical (unpaired) electrons. The minimum Gasteiger partial charge on any atom is -0.504 e. The predicted octanol–water partition coefficient (Wildman–Crippen LogP) is -0.0671. The average Bonchev–Trinajstić information content (AvgIpc) is 3.42. The number of morpholine rings is 1. The number of hydrogen-bond donors (Lipinski definition) is 3. The molecule has 1 fully saturated rings. The van der Waals surface area contributed by atoms with Gasteiger partial charge in [-0.25, -0.2) is 10.1 Å². The van der Waals surface area contributed by atoms with Crippen LogP contribution in [-0.4, -0.2) is 80.3 Å². The second kappa shape index (κ2) is 10.1. The van der Waals surface area contributed by atoms with Gasteiger partial charge in [-0.2, -0.15) is 9.78 Å². The lowest BCUT2D eigenvalue weighted by atomic mass is 10.2. The number of phenols is 1. The summed E-state index contributed by atoms with van der Waals surface area (Å²) in [6.07, 6.45) is 1.42. The first-order chi connectivity index (χ1) is 16.1. The minimum absolute atomic E-state index is 0.0176. The fourth-order valence-corrected chi connectivity index (χ4v) is 3.20. The normalized spacial score (nSPS) is 14.6. The topological polar surface area (TPSA) is 179 Å². The molecule has 0 spiro atoms. The molecule has 4 rings (SSSR count). The smallest absolute Gasteiger partial charge is 0.293 e. The standard InChI is InChI=1S/C19H23N9O5/c1-2-32-15-9-12(3-4-14(15)29)10-21-23-19(30)16-13(11-27-5-7-31-8-6-27)28(26-22-16)18-17(20)24-33-25-18/h3-4,9-10,29H,2,5-8,11H2,1H3,(H2,20,24)(H,23,30)/b21-10+. The summed E-state index contributed by atoms with van der Waals surface area (Å²) in [5.74, 6) is -0.0719. The molecule has 4 N–H and O–H groups in total. The molecule has 2 aromatic heterocycles. The number of carbonyl (C=O) groups excluding carboxylic acids is 1. The van der Waals surface area contributed by atoms with E-state index in [0.717, 1.165) is 0 Å². The zero-order valence-electron chi connectivity index (χ0n) is 17.8. The van der Waals surface area contributed by atoms with Crippen molar-refractivity contribution in [2.75, 3.05) is 38.6 Å². The van der Waals surface area contributed by atoms with Crippen molar-refractivity contribution >= 4 is 17.9 Å². The molecule has 174 valence electrons. The number of nitrogens with zero attached hydrogens (tertiary/aromatic N) is 7. The molecule has 14 heteroatoms. The molecule has 0 saturated carbocycles. The average molecular weight is 457 g/mol. The molecular weight excluding hydrogens is 434 g/mol. The van der Waals surface area contributed by atoms with E-state index in [1.165, 1.54) is 17.0 Å². The molecule has 3 heterocycles. The molecule has 0 bridgehead atoms. The first-order valence-electron chi connectivity index (χ1n) is 10.2. The number of hydrogen-bond acceptors (Lipinski definition) is 12. The van der Waals surface area contributed by atoms with Gasteiger partial charge in [0.15, 0.2) is 17.2 Å². The van der Waals surface area contributed by atoms with Crippen LogP contribution in [0.2, 0.25) is 0 Å². The summed E-state index contributed by atoms with van der Waals surface area (Å²) >= 11 is 0. The van der Waals surface area contributed by atoms with Crippen molar-refractivity contribution in [2.24, 2.45) is 5.10 Å². The van der Waals surface area contributed by atoms with Crippen molar-refractivity contribution in [3.05, 3.63) is 35.2 Å². The van der Waals surface area contributed by atoms with Gasteiger partial charge in [-0.3, -0.25) is 9.69 Å². The van der Waals surface area contributed by atoms with E-state index in [1.807, 2.05) is 6.92 Å². The number of phenolic OH excluding ortho intramolecular Hbond substituents is 1. The molecule has 0 unspecified atom stereocenters. The molecule has 1 aliphatic heterocycles. The third-order valence-electron chi connectivity index (χ3n) is 4.81. The number of nitrogen functional groups attached to an aromatic ring is 1. The Balaban J connectivity index is 1.54. The van der Waals surface area contributed by atoms with Crippen LogP contribution in [0.15, 0.2) is 27.9 Å². The van der Waals surface area contributed by atoms with Crippen molar-refractivity contribution in [3.63, 3.8) is 0 Å². The van der Waals surface area contributed by atoms with Gasteiger partial charge >= 0.3 is 0 Å². The van der Waals surface area contributed by atoms with E-state index in [9.17, 15) is 9.90 Å². The van der Waals surface area contributed by atoms with Crippen LogP contribution in [0, 0.1) is 0 Å². The van der Waals surface area contributed by atoms with Gasteiger partial charge < -0.3 is 20.3 Å². The highest BCUT2D eigenvalue weighted by Gasteiger charge is 2.26. The predicted molar refractivity (Wildman–Crippen MR) is 114 cm³/mol. The third-order valence-corrected chi connectivity index (χ3v) is 4.81. The van der Waals surface area contributed by atoms with Crippen LogP contribution in [0.4, 0.5) is 5.82 Å². The van der Waals surface area contributed by atoms with E-state index in [1.54, 1.807) is 12.1 Å². The van der Waals surface area contributed by atoms with Crippen LogP contribution in [0.25, 0.3) is 5.82 Å². The van der Waals surface area contributed by atoms with Gasteiger partial charge in [-0.05, 0) is 41.0 Å². The first kappa shape index (κ1) is 22.2. The van der Waals surface area contributed by atoms with Crippen molar-refractivity contribution in [2.45, 2.75) is 13.5 Å². The Morgan fingerprint density at radius 3 is 2.91 bits per heavy atom. The van der Waals surface area contributed by atoms with Crippen molar-refractivity contribution in [1.29, 1.82) is 0 Å². The molecule has 3 aromatic rings. The summed E-state index contributed by atoms with van der Waals surface area (Å²) in [7, 11) is 0.